The van der Waals surface area contributed by atoms with E-state index in [0.29, 0.717) is 324 Å². The van der Waals surface area contributed by atoms with Crippen molar-refractivity contribution in [2.75, 3.05) is 324 Å². The Labute approximate surface area is 490 Å². The maximum Gasteiger partial charge on any atom is 0.308 e. The first kappa shape index (κ1) is 80.5. The van der Waals surface area contributed by atoms with Crippen LogP contribution in [-0.4, -0.2) is 335 Å². The van der Waals surface area contributed by atoms with Gasteiger partial charge in [0, 0.05) is 6.54 Å². The lowest BCUT2D eigenvalue weighted by Crippen LogP contribution is -2.24. The minimum Gasteiger partial charge on any atom is -0.460 e. The normalized spacial score (nSPS) is 11.9. The van der Waals surface area contributed by atoms with Crippen molar-refractivity contribution >= 4 is 5.97 Å². The van der Waals surface area contributed by atoms with Gasteiger partial charge in [-0.2, -0.15) is 0 Å². The SMILES string of the molecule is CC(C)(C)OC(=O)CCOCCOCCOCCOCCOCCOCCOCCOCCOCCOCCOCCOCCOCCOCCOCCOCCOCCOCCOCCOCCOCCOCCOCCOCCN. The molecule has 27 nitrogen and oxygen atoms in total. The van der Waals surface area contributed by atoms with Crippen LogP contribution in [0.15, 0.2) is 0 Å². The maximum atomic E-state index is 11.6. The van der Waals surface area contributed by atoms with Crippen LogP contribution in [0, 0.1) is 0 Å². The molecule has 0 atom stereocenters. The molecule has 0 aromatic rings. The number of hydrogen-bond acceptors (Lipinski definition) is 27. The molecule has 27 heteroatoms. The molecule has 0 fully saturated rings. The van der Waals surface area contributed by atoms with Gasteiger partial charge in [0.1, 0.15) is 5.60 Å². The Morgan fingerprint density at radius 2 is 0.317 bits per heavy atom. The quantitative estimate of drug-likeness (QED) is 0.0659. The van der Waals surface area contributed by atoms with Crippen molar-refractivity contribution in [2.45, 2.75) is 32.8 Å². The highest BCUT2D eigenvalue weighted by atomic mass is 16.6. The molecule has 0 bridgehead atoms. The van der Waals surface area contributed by atoms with Crippen molar-refractivity contribution in [3.8, 4) is 0 Å². The summed E-state index contributed by atoms with van der Waals surface area (Å²) in [6.07, 6.45) is 0.224. The average molecular weight is 1200 g/mol. The molecule has 82 heavy (non-hydrogen) atoms. The Hall–Kier alpha value is -1.53. The molecule has 0 heterocycles. The van der Waals surface area contributed by atoms with Crippen LogP contribution >= 0.6 is 0 Å². The minimum absolute atomic E-state index is 0.224. The van der Waals surface area contributed by atoms with E-state index in [-0.39, 0.29) is 12.4 Å². The topological polar surface area (TPSA) is 274 Å². The highest BCUT2D eigenvalue weighted by Gasteiger charge is 2.15. The summed E-state index contributed by atoms with van der Waals surface area (Å²) in [5, 5.41) is 0. The largest absolute Gasteiger partial charge is 0.460 e. The molecule has 0 rings (SSSR count). The summed E-state index contributed by atoms with van der Waals surface area (Å²) in [5.41, 5.74) is 4.86. The molecule has 0 saturated carbocycles. The van der Waals surface area contributed by atoms with Crippen LogP contribution in [0.1, 0.15) is 27.2 Å². The second-order valence-corrected chi connectivity index (χ2v) is 17.8. The lowest BCUT2D eigenvalue weighted by Gasteiger charge is -2.19. The zero-order chi connectivity index (χ0) is 59.1. The first-order valence-corrected chi connectivity index (χ1v) is 29.2. The molecule has 0 aromatic heterocycles. The second-order valence-electron chi connectivity index (χ2n) is 17.8. The van der Waals surface area contributed by atoms with Crippen molar-refractivity contribution in [1.82, 2.24) is 0 Å². The molecule has 492 valence electrons. The standard InChI is InChI=1S/C55H111NO26/c1-55(2,3)82-54(57)4-6-58-8-10-60-12-14-62-16-18-64-20-22-66-24-26-68-28-30-70-32-34-72-36-38-74-40-42-76-44-46-78-48-50-80-52-53-81-51-49-79-47-45-77-43-41-75-39-37-73-35-33-71-31-29-69-27-25-67-23-21-65-19-17-63-15-13-61-11-9-59-7-5-56/h4-53,56H2,1-3H3. The number of carbonyl (C=O) groups is 1. The first-order chi connectivity index (χ1) is 40.5. The van der Waals surface area contributed by atoms with Gasteiger partial charge in [-0.15, -0.1) is 0 Å². The van der Waals surface area contributed by atoms with E-state index < -0.39 is 5.60 Å². The highest BCUT2D eigenvalue weighted by molar-refractivity contribution is 5.69. The summed E-state index contributed by atoms with van der Waals surface area (Å²) in [6, 6.07) is 0. The third-order valence-electron chi connectivity index (χ3n) is 9.69. The molecule has 0 aliphatic carbocycles. The van der Waals surface area contributed by atoms with E-state index in [2.05, 4.69) is 0 Å². The fraction of sp³-hybridized carbons (Fsp3) is 0.982. The average Bonchev–Trinajstić information content (AvgIpc) is 3.46. The summed E-state index contributed by atoms with van der Waals surface area (Å²) in [6.45, 7) is 29.2. The number of esters is 1. The van der Waals surface area contributed by atoms with Crippen LogP contribution in [0.3, 0.4) is 0 Å². The zero-order valence-electron chi connectivity index (χ0n) is 50.5. The van der Waals surface area contributed by atoms with Crippen LogP contribution in [0.25, 0.3) is 0 Å². The Kier molecular flexibility index (Phi) is 70.6. The van der Waals surface area contributed by atoms with Crippen LogP contribution < -0.4 is 5.73 Å². The van der Waals surface area contributed by atoms with Gasteiger partial charge < -0.3 is 124 Å². The fourth-order valence-electron chi connectivity index (χ4n) is 5.79. The monoisotopic (exact) mass is 1200 g/mol. The van der Waals surface area contributed by atoms with Gasteiger partial charge >= 0.3 is 5.97 Å². The van der Waals surface area contributed by atoms with Crippen molar-refractivity contribution < 1.29 is 123 Å². The minimum atomic E-state index is -0.483. The van der Waals surface area contributed by atoms with E-state index in [1.54, 1.807) is 0 Å². The molecule has 0 aliphatic rings. The Balaban J connectivity index is 3.10. The molecule has 0 spiro atoms. The highest BCUT2D eigenvalue weighted by Crippen LogP contribution is 2.08. The van der Waals surface area contributed by atoms with Gasteiger partial charge in [-0.05, 0) is 20.8 Å². The molecular weight excluding hydrogens is 1090 g/mol. The molecule has 0 amide bonds. The smallest absolute Gasteiger partial charge is 0.308 e. The van der Waals surface area contributed by atoms with Crippen molar-refractivity contribution in [3.05, 3.63) is 0 Å². The molecule has 0 saturated heterocycles. The molecule has 0 aromatic carbocycles. The summed E-state index contributed by atoms with van der Waals surface area (Å²) in [4.78, 5) is 11.6. The third kappa shape index (κ3) is 76.5. The van der Waals surface area contributed by atoms with Gasteiger partial charge in [-0.3, -0.25) is 4.79 Å². The first-order valence-electron chi connectivity index (χ1n) is 29.2. The van der Waals surface area contributed by atoms with Crippen LogP contribution in [0.4, 0.5) is 0 Å². The molecule has 2 N–H and O–H groups in total. The van der Waals surface area contributed by atoms with Crippen molar-refractivity contribution in [2.24, 2.45) is 5.73 Å². The molecule has 0 aliphatic heterocycles. The summed E-state index contributed by atoms with van der Waals surface area (Å²) in [5.74, 6) is -0.271. The number of ether oxygens (including phenoxy) is 25. The zero-order valence-corrected chi connectivity index (χ0v) is 50.5. The Morgan fingerprint density at radius 1 is 0.207 bits per heavy atom. The van der Waals surface area contributed by atoms with E-state index in [0.717, 1.165) is 0 Å². The van der Waals surface area contributed by atoms with Crippen molar-refractivity contribution in [3.63, 3.8) is 0 Å². The van der Waals surface area contributed by atoms with E-state index >= 15 is 0 Å². The number of nitrogens with two attached hydrogens (primary N) is 1. The van der Waals surface area contributed by atoms with E-state index in [1.807, 2.05) is 20.8 Å². The molecule has 0 unspecified atom stereocenters. The number of hydrogen-bond donors (Lipinski definition) is 1. The maximum absolute atomic E-state index is 11.6. The van der Waals surface area contributed by atoms with E-state index in [9.17, 15) is 4.79 Å². The van der Waals surface area contributed by atoms with Gasteiger partial charge in [0.2, 0.25) is 0 Å². The second kappa shape index (κ2) is 71.9. The summed E-state index contributed by atoms with van der Waals surface area (Å²) in [7, 11) is 0. The summed E-state index contributed by atoms with van der Waals surface area (Å²) < 4.78 is 137. The van der Waals surface area contributed by atoms with Gasteiger partial charge in [0.05, 0.1) is 324 Å². The van der Waals surface area contributed by atoms with Gasteiger partial charge in [0.15, 0.2) is 0 Å². The van der Waals surface area contributed by atoms with E-state index in [4.69, 9.17) is 124 Å². The van der Waals surface area contributed by atoms with Gasteiger partial charge in [-0.25, -0.2) is 0 Å². The number of rotatable bonds is 74. The molecule has 0 radical (unpaired) electrons. The van der Waals surface area contributed by atoms with Crippen LogP contribution in [0.2, 0.25) is 0 Å². The van der Waals surface area contributed by atoms with Crippen LogP contribution in [0.5, 0.6) is 0 Å². The van der Waals surface area contributed by atoms with Crippen LogP contribution in [-0.2, 0) is 123 Å². The van der Waals surface area contributed by atoms with E-state index in [1.165, 1.54) is 0 Å². The molecular formula is C55H111NO26. The van der Waals surface area contributed by atoms with Gasteiger partial charge in [0.25, 0.3) is 0 Å². The fourth-order valence-corrected chi connectivity index (χ4v) is 5.79. The number of carbonyl (C=O) groups excluding carboxylic acids is 1. The Bertz CT molecular complexity index is 1190. The lowest BCUT2D eigenvalue weighted by molar-refractivity contribution is -0.156. The lowest BCUT2D eigenvalue weighted by atomic mass is 10.2. The van der Waals surface area contributed by atoms with Gasteiger partial charge in [-0.1, -0.05) is 0 Å². The third-order valence-corrected chi connectivity index (χ3v) is 9.69. The summed E-state index contributed by atoms with van der Waals surface area (Å²) >= 11 is 0. The predicted octanol–water partition coefficient (Wildman–Crippen LogP) is 1.08. The van der Waals surface area contributed by atoms with Crippen molar-refractivity contribution in [1.29, 1.82) is 0 Å². The Morgan fingerprint density at radius 3 is 0.427 bits per heavy atom. The predicted molar refractivity (Wildman–Crippen MR) is 299 cm³/mol.